The molecule has 1 atom stereocenters. The van der Waals surface area contributed by atoms with Gasteiger partial charge in [-0.1, -0.05) is 30.3 Å². The zero-order valence-electron chi connectivity index (χ0n) is 15.8. The molecule has 5 heteroatoms. The van der Waals surface area contributed by atoms with Crippen molar-refractivity contribution >= 4 is 5.91 Å². The quantitative estimate of drug-likeness (QED) is 0.518. The zero-order chi connectivity index (χ0) is 18.9. The minimum Gasteiger partial charge on any atom is -0.491 e. The van der Waals surface area contributed by atoms with Gasteiger partial charge in [-0.25, -0.2) is 0 Å². The van der Waals surface area contributed by atoms with Crippen molar-refractivity contribution in [3.8, 4) is 11.5 Å². The molecular formula is C22H27NO4. The summed E-state index contributed by atoms with van der Waals surface area (Å²) in [6.07, 6.45) is 2.85. The van der Waals surface area contributed by atoms with Crippen molar-refractivity contribution in [1.82, 2.24) is 4.90 Å². The van der Waals surface area contributed by atoms with E-state index in [4.69, 9.17) is 14.2 Å². The molecule has 1 unspecified atom stereocenters. The maximum Gasteiger partial charge on any atom is 0.257 e. The first-order chi connectivity index (χ1) is 13.2. The topological polar surface area (TPSA) is 48.0 Å². The Kier molecular flexibility index (Phi) is 7.11. The smallest absolute Gasteiger partial charge is 0.257 e. The predicted molar refractivity (Wildman–Crippen MR) is 104 cm³/mol. The molecule has 144 valence electrons. The van der Waals surface area contributed by atoms with Gasteiger partial charge in [0.15, 0.2) is 6.29 Å². The summed E-state index contributed by atoms with van der Waals surface area (Å²) in [5.74, 6) is 1.40. The van der Waals surface area contributed by atoms with Crippen LogP contribution in [0.15, 0.2) is 54.6 Å². The Morgan fingerprint density at radius 2 is 1.67 bits per heavy atom. The van der Waals surface area contributed by atoms with E-state index >= 15 is 0 Å². The Balaban J connectivity index is 1.50. The molecule has 0 aromatic heterocycles. The largest absolute Gasteiger partial charge is 0.491 e. The van der Waals surface area contributed by atoms with Crippen LogP contribution in [-0.2, 0) is 4.74 Å². The molecule has 0 saturated carbocycles. The number of hydrogen-bond donors (Lipinski definition) is 0. The van der Waals surface area contributed by atoms with Crippen LogP contribution in [0.5, 0.6) is 11.5 Å². The maximum absolute atomic E-state index is 12.8. The lowest BCUT2D eigenvalue weighted by Crippen LogP contribution is -2.36. The number of nitrogens with zero attached hydrogens (tertiary/aromatic N) is 1. The first-order valence-electron chi connectivity index (χ1n) is 9.58. The van der Waals surface area contributed by atoms with Gasteiger partial charge in [0.05, 0.1) is 12.2 Å². The van der Waals surface area contributed by atoms with Gasteiger partial charge in [-0.05, 0) is 50.5 Å². The third kappa shape index (κ3) is 5.73. The highest BCUT2D eigenvalue weighted by Crippen LogP contribution is 2.23. The third-order valence-corrected chi connectivity index (χ3v) is 4.50. The highest BCUT2D eigenvalue weighted by Gasteiger charge is 2.22. The van der Waals surface area contributed by atoms with Crippen LogP contribution < -0.4 is 9.47 Å². The van der Waals surface area contributed by atoms with Gasteiger partial charge in [-0.15, -0.1) is 0 Å². The summed E-state index contributed by atoms with van der Waals surface area (Å²) in [6.45, 7) is 4.29. The molecule has 0 radical (unpaired) electrons. The molecule has 1 aliphatic heterocycles. The van der Waals surface area contributed by atoms with Gasteiger partial charge < -0.3 is 19.1 Å². The highest BCUT2D eigenvalue weighted by atomic mass is 16.7. The fraction of sp³-hybridized carbons (Fsp3) is 0.409. The summed E-state index contributed by atoms with van der Waals surface area (Å²) in [5.41, 5.74) is 0.593. The van der Waals surface area contributed by atoms with Crippen LogP contribution in [-0.4, -0.2) is 43.4 Å². The van der Waals surface area contributed by atoms with Gasteiger partial charge in [0.1, 0.15) is 18.1 Å². The van der Waals surface area contributed by atoms with Crippen molar-refractivity contribution in [3.63, 3.8) is 0 Å². The Morgan fingerprint density at radius 3 is 2.44 bits per heavy atom. The van der Waals surface area contributed by atoms with E-state index in [2.05, 4.69) is 0 Å². The Bertz CT molecular complexity index is 713. The van der Waals surface area contributed by atoms with E-state index in [9.17, 15) is 4.79 Å². The Hall–Kier alpha value is -2.53. The van der Waals surface area contributed by atoms with Crippen LogP contribution in [0.3, 0.4) is 0 Å². The summed E-state index contributed by atoms with van der Waals surface area (Å²) in [7, 11) is 0. The average Bonchev–Trinajstić information content (AvgIpc) is 2.72. The number of ether oxygens (including phenoxy) is 3. The van der Waals surface area contributed by atoms with Crippen LogP contribution in [0.1, 0.15) is 36.5 Å². The lowest BCUT2D eigenvalue weighted by Gasteiger charge is -2.27. The van der Waals surface area contributed by atoms with Crippen molar-refractivity contribution in [3.05, 3.63) is 60.2 Å². The van der Waals surface area contributed by atoms with E-state index in [1.165, 1.54) is 6.42 Å². The Labute approximate surface area is 160 Å². The number of para-hydroxylation sites is 2. The van der Waals surface area contributed by atoms with Crippen molar-refractivity contribution in [2.75, 3.05) is 26.3 Å². The normalized spacial score (nSPS) is 15.2. The summed E-state index contributed by atoms with van der Waals surface area (Å²) < 4.78 is 17.2. The second-order valence-electron chi connectivity index (χ2n) is 6.57. The first kappa shape index (κ1) is 19.2. The highest BCUT2D eigenvalue weighted by molar-refractivity contribution is 5.97. The van der Waals surface area contributed by atoms with Gasteiger partial charge in [0, 0.05) is 13.1 Å². The first-order valence-corrected chi connectivity index (χ1v) is 9.58. The minimum absolute atomic E-state index is 0.0323. The molecule has 3 rings (SSSR count). The second-order valence-corrected chi connectivity index (χ2v) is 6.57. The molecule has 2 aromatic carbocycles. The molecule has 1 heterocycles. The van der Waals surface area contributed by atoms with E-state index in [1.54, 1.807) is 0 Å². The zero-order valence-corrected chi connectivity index (χ0v) is 15.8. The number of benzene rings is 2. The number of carbonyl (C=O) groups excluding carboxylic acids is 1. The molecule has 0 bridgehead atoms. The van der Waals surface area contributed by atoms with Crippen molar-refractivity contribution in [2.45, 2.75) is 32.5 Å². The molecule has 1 amide bonds. The molecule has 1 fully saturated rings. The number of likely N-dealkylation sites (tertiary alicyclic amines) is 1. The van der Waals surface area contributed by atoms with Gasteiger partial charge in [-0.2, -0.15) is 0 Å². The van der Waals surface area contributed by atoms with Crippen molar-refractivity contribution in [1.29, 1.82) is 0 Å². The molecule has 0 spiro atoms. The molecule has 1 aliphatic rings. The average molecular weight is 369 g/mol. The standard InChI is InChI=1S/C22H27NO4/c1-18(25-16-17-26-19-10-4-2-5-11-19)27-21-13-7-6-12-20(21)22(24)23-14-8-3-9-15-23/h2,4-7,10-13,18H,3,8-9,14-17H2,1H3. The van der Waals surface area contributed by atoms with Crippen LogP contribution >= 0.6 is 0 Å². The van der Waals surface area contributed by atoms with Crippen LogP contribution in [0.4, 0.5) is 0 Å². The molecule has 2 aromatic rings. The third-order valence-electron chi connectivity index (χ3n) is 4.50. The molecule has 0 N–H and O–H groups in total. The number of carbonyl (C=O) groups is 1. The predicted octanol–water partition coefficient (Wildman–Crippen LogP) is 4.13. The number of rotatable bonds is 8. The second kappa shape index (κ2) is 9.97. The lowest BCUT2D eigenvalue weighted by molar-refractivity contribution is -0.0741. The van der Waals surface area contributed by atoms with Gasteiger partial charge in [-0.3, -0.25) is 4.79 Å². The fourth-order valence-electron chi connectivity index (χ4n) is 3.12. The summed E-state index contributed by atoms with van der Waals surface area (Å²) in [6, 6.07) is 17.0. The molecule has 5 nitrogen and oxygen atoms in total. The van der Waals surface area contributed by atoms with E-state index in [-0.39, 0.29) is 5.91 Å². The molecule has 1 saturated heterocycles. The number of amides is 1. The molecule has 0 aliphatic carbocycles. The summed E-state index contributed by atoms with van der Waals surface area (Å²) in [4.78, 5) is 14.7. The van der Waals surface area contributed by atoms with E-state index < -0.39 is 6.29 Å². The van der Waals surface area contributed by atoms with E-state index in [0.29, 0.717) is 24.5 Å². The monoisotopic (exact) mass is 369 g/mol. The fourth-order valence-corrected chi connectivity index (χ4v) is 3.12. The van der Waals surface area contributed by atoms with Gasteiger partial charge in [0.2, 0.25) is 0 Å². The maximum atomic E-state index is 12.8. The summed E-state index contributed by atoms with van der Waals surface area (Å²) in [5, 5.41) is 0. The minimum atomic E-state index is -0.473. The van der Waals surface area contributed by atoms with Gasteiger partial charge >= 0.3 is 0 Å². The lowest BCUT2D eigenvalue weighted by atomic mass is 10.1. The van der Waals surface area contributed by atoms with Crippen LogP contribution in [0.25, 0.3) is 0 Å². The van der Waals surface area contributed by atoms with Gasteiger partial charge in [0.25, 0.3) is 5.91 Å². The van der Waals surface area contributed by atoms with Crippen molar-refractivity contribution < 1.29 is 19.0 Å². The van der Waals surface area contributed by atoms with Crippen molar-refractivity contribution in [2.24, 2.45) is 0 Å². The van der Waals surface area contributed by atoms with Crippen LogP contribution in [0.2, 0.25) is 0 Å². The number of piperidine rings is 1. The SMILES string of the molecule is CC(OCCOc1ccccc1)Oc1ccccc1C(=O)N1CCCCC1. The molecule has 27 heavy (non-hydrogen) atoms. The summed E-state index contributed by atoms with van der Waals surface area (Å²) >= 11 is 0. The number of hydrogen-bond acceptors (Lipinski definition) is 4. The van der Waals surface area contributed by atoms with E-state index in [1.807, 2.05) is 66.4 Å². The van der Waals surface area contributed by atoms with E-state index in [0.717, 1.165) is 31.7 Å². The Morgan fingerprint density at radius 1 is 0.963 bits per heavy atom. The molecular weight excluding hydrogens is 342 g/mol. The van der Waals surface area contributed by atoms with Crippen LogP contribution in [0, 0.1) is 0 Å².